The Labute approximate surface area is 155 Å². The van der Waals surface area contributed by atoms with Gasteiger partial charge in [-0.15, -0.1) is 0 Å². The Morgan fingerprint density at radius 3 is 2.24 bits per heavy atom. The Bertz CT molecular complexity index is 815. The summed E-state index contributed by atoms with van der Waals surface area (Å²) < 4.78 is 6.70. The van der Waals surface area contributed by atoms with Crippen LogP contribution in [-0.4, -0.2) is 12.5 Å². The average molecular weight is 396 g/mol. The first kappa shape index (κ1) is 17.2. The maximum absolute atomic E-state index is 12.2. The maximum Gasteiger partial charge on any atom is 0.255 e. The molecule has 0 spiro atoms. The fourth-order valence-electron chi connectivity index (χ4n) is 2.37. The number of carbonyl (C=O) groups excluding carboxylic acids is 1. The van der Waals surface area contributed by atoms with Crippen molar-refractivity contribution in [2.45, 2.75) is 6.42 Å². The van der Waals surface area contributed by atoms with Crippen molar-refractivity contribution in [3.05, 3.63) is 94.5 Å². The number of halogens is 1. The Balaban J connectivity index is 1.51. The lowest BCUT2D eigenvalue weighted by molar-refractivity contribution is 0.102. The highest BCUT2D eigenvalue weighted by Crippen LogP contribution is 2.17. The Kier molecular flexibility index (Phi) is 5.86. The largest absolute Gasteiger partial charge is 0.493 e. The van der Waals surface area contributed by atoms with Crippen molar-refractivity contribution >= 4 is 27.5 Å². The van der Waals surface area contributed by atoms with E-state index in [0.29, 0.717) is 12.2 Å². The van der Waals surface area contributed by atoms with E-state index in [4.69, 9.17) is 4.74 Å². The van der Waals surface area contributed by atoms with Gasteiger partial charge in [0.05, 0.1) is 6.61 Å². The molecule has 0 saturated carbocycles. The Morgan fingerprint density at radius 2 is 1.56 bits per heavy atom. The number of hydrogen-bond donors (Lipinski definition) is 1. The molecule has 0 bridgehead atoms. The molecule has 3 rings (SSSR count). The van der Waals surface area contributed by atoms with Crippen LogP contribution in [0.2, 0.25) is 0 Å². The molecule has 1 amide bonds. The van der Waals surface area contributed by atoms with E-state index in [2.05, 4.69) is 33.4 Å². The molecule has 1 N–H and O–H groups in total. The third-order valence-corrected chi connectivity index (χ3v) is 4.25. The number of carbonyl (C=O) groups is 1. The molecule has 0 aromatic heterocycles. The second-order valence-electron chi connectivity index (χ2n) is 5.57. The van der Waals surface area contributed by atoms with Crippen molar-refractivity contribution < 1.29 is 9.53 Å². The topological polar surface area (TPSA) is 38.3 Å². The number of nitrogens with one attached hydrogen (secondary N) is 1. The van der Waals surface area contributed by atoms with Crippen molar-refractivity contribution in [3.8, 4) is 5.75 Å². The summed E-state index contributed by atoms with van der Waals surface area (Å²) >= 11 is 3.36. The van der Waals surface area contributed by atoms with E-state index < -0.39 is 0 Å². The van der Waals surface area contributed by atoms with Crippen molar-refractivity contribution in [2.75, 3.05) is 11.9 Å². The first-order valence-corrected chi connectivity index (χ1v) is 8.84. The Morgan fingerprint density at radius 1 is 0.880 bits per heavy atom. The predicted octanol–water partition coefficient (Wildman–Crippen LogP) is 5.32. The highest BCUT2D eigenvalue weighted by Gasteiger charge is 2.06. The molecular formula is C21H18BrNO2. The van der Waals surface area contributed by atoms with Gasteiger partial charge in [0.2, 0.25) is 0 Å². The second-order valence-corrected chi connectivity index (χ2v) is 6.49. The molecule has 3 nitrogen and oxygen atoms in total. The minimum Gasteiger partial charge on any atom is -0.493 e. The van der Waals surface area contributed by atoms with Gasteiger partial charge in [0.25, 0.3) is 5.91 Å². The molecule has 0 heterocycles. The summed E-state index contributed by atoms with van der Waals surface area (Å²) in [7, 11) is 0. The van der Waals surface area contributed by atoms with Crippen molar-refractivity contribution in [1.29, 1.82) is 0 Å². The van der Waals surface area contributed by atoms with E-state index in [-0.39, 0.29) is 5.91 Å². The van der Waals surface area contributed by atoms with E-state index in [1.165, 1.54) is 5.56 Å². The zero-order valence-corrected chi connectivity index (χ0v) is 15.2. The minimum absolute atomic E-state index is 0.134. The summed E-state index contributed by atoms with van der Waals surface area (Å²) in [5.74, 6) is 0.655. The first-order chi connectivity index (χ1) is 12.2. The number of rotatable bonds is 6. The number of anilines is 1. The lowest BCUT2D eigenvalue weighted by atomic mass is 10.2. The lowest BCUT2D eigenvalue weighted by Crippen LogP contribution is -2.11. The quantitative estimate of drug-likeness (QED) is 0.612. The molecule has 3 aromatic rings. The van der Waals surface area contributed by atoms with Gasteiger partial charge in [0, 0.05) is 22.1 Å². The predicted molar refractivity (Wildman–Crippen MR) is 104 cm³/mol. The third-order valence-electron chi connectivity index (χ3n) is 3.72. The monoisotopic (exact) mass is 395 g/mol. The Hall–Kier alpha value is -2.59. The van der Waals surface area contributed by atoms with Crippen LogP contribution in [0.3, 0.4) is 0 Å². The van der Waals surface area contributed by atoms with Gasteiger partial charge in [0.15, 0.2) is 0 Å². The van der Waals surface area contributed by atoms with Crippen LogP contribution in [-0.2, 0) is 6.42 Å². The van der Waals surface area contributed by atoms with Gasteiger partial charge in [-0.05, 0) is 54.1 Å². The van der Waals surface area contributed by atoms with E-state index in [9.17, 15) is 4.79 Å². The first-order valence-electron chi connectivity index (χ1n) is 8.04. The summed E-state index contributed by atoms with van der Waals surface area (Å²) in [6.45, 7) is 0.620. The number of hydrogen-bond acceptors (Lipinski definition) is 2. The van der Waals surface area contributed by atoms with Crippen LogP contribution < -0.4 is 10.1 Å². The van der Waals surface area contributed by atoms with Gasteiger partial charge in [-0.25, -0.2) is 0 Å². The van der Waals surface area contributed by atoms with Crippen LogP contribution in [0.5, 0.6) is 5.75 Å². The minimum atomic E-state index is -0.134. The van der Waals surface area contributed by atoms with Gasteiger partial charge in [-0.2, -0.15) is 0 Å². The highest BCUT2D eigenvalue weighted by atomic mass is 79.9. The molecule has 4 heteroatoms. The molecule has 0 unspecified atom stereocenters. The van der Waals surface area contributed by atoms with Crippen LogP contribution in [0.15, 0.2) is 83.3 Å². The molecule has 126 valence electrons. The van der Waals surface area contributed by atoms with Gasteiger partial charge in [-0.1, -0.05) is 46.3 Å². The zero-order valence-electron chi connectivity index (χ0n) is 13.6. The SMILES string of the molecule is O=C(Nc1ccc(OCCc2ccccc2)cc1)c1ccc(Br)cc1. The highest BCUT2D eigenvalue weighted by molar-refractivity contribution is 9.10. The van der Waals surface area contributed by atoms with Crippen LogP contribution >= 0.6 is 15.9 Å². The molecular weight excluding hydrogens is 378 g/mol. The van der Waals surface area contributed by atoms with Crippen LogP contribution in [0.25, 0.3) is 0 Å². The van der Waals surface area contributed by atoms with Crippen LogP contribution in [0.4, 0.5) is 5.69 Å². The standard InChI is InChI=1S/C21H18BrNO2/c22-18-8-6-17(7-9-18)21(24)23-19-10-12-20(13-11-19)25-15-14-16-4-2-1-3-5-16/h1-13H,14-15H2,(H,23,24). The third kappa shape index (κ3) is 5.19. The summed E-state index contributed by atoms with van der Waals surface area (Å²) in [5, 5.41) is 2.88. The fourth-order valence-corrected chi connectivity index (χ4v) is 2.63. The second kappa shape index (κ2) is 8.49. The molecule has 3 aromatic carbocycles. The van der Waals surface area contributed by atoms with E-state index in [1.54, 1.807) is 12.1 Å². The normalized spacial score (nSPS) is 10.3. The van der Waals surface area contributed by atoms with Crippen molar-refractivity contribution in [3.63, 3.8) is 0 Å². The van der Waals surface area contributed by atoms with Gasteiger partial charge in [-0.3, -0.25) is 4.79 Å². The number of ether oxygens (including phenoxy) is 1. The fraction of sp³-hybridized carbons (Fsp3) is 0.0952. The van der Waals surface area contributed by atoms with E-state index in [1.807, 2.05) is 54.6 Å². The molecule has 0 fully saturated rings. The molecule has 0 saturated heterocycles. The van der Waals surface area contributed by atoms with E-state index in [0.717, 1.165) is 22.3 Å². The van der Waals surface area contributed by atoms with Gasteiger partial charge < -0.3 is 10.1 Å². The summed E-state index contributed by atoms with van der Waals surface area (Å²) in [6.07, 6.45) is 0.864. The smallest absolute Gasteiger partial charge is 0.255 e. The van der Waals surface area contributed by atoms with Gasteiger partial charge >= 0.3 is 0 Å². The molecule has 25 heavy (non-hydrogen) atoms. The lowest BCUT2D eigenvalue weighted by Gasteiger charge is -2.09. The zero-order chi connectivity index (χ0) is 17.5. The molecule has 0 radical (unpaired) electrons. The van der Waals surface area contributed by atoms with Crippen molar-refractivity contribution in [2.24, 2.45) is 0 Å². The molecule has 0 aliphatic rings. The van der Waals surface area contributed by atoms with Crippen LogP contribution in [0.1, 0.15) is 15.9 Å². The van der Waals surface area contributed by atoms with Crippen LogP contribution in [0, 0.1) is 0 Å². The molecule has 0 aliphatic heterocycles. The number of amides is 1. The van der Waals surface area contributed by atoms with Crippen molar-refractivity contribution in [1.82, 2.24) is 0 Å². The molecule has 0 aliphatic carbocycles. The average Bonchev–Trinajstić information content (AvgIpc) is 2.64. The summed E-state index contributed by atoms with van der Waals surface area (Å²) in [4.78, 5) is 12.2. The molecule has 0 atom stereocenters. The van der Waals surface area contributed by atoms with Gasteiger partial charge in [0.1, 0.15) is 5.75 Å². The summed E-state index contributed by atoms with van der Waals surface area (Å²) in [6, 6.07) is 24.9. The summed E-state index contributed by atoms with van der Waals surface area (Å²) in [5.41, 5.74) is 2.61. The maximum atomic E-state index is 12.2. The van der Waals surface area contributed by atoms with E-state index >= 15 is 0 Å². The number of benzene rings is 3.